The highest BCUT2D eigenvalue weighted by Gasteiger charge is 2.30. The Kier molecular flexibility index (Phi) is 5.31. The van der Waals surface area contributed by atoms with Crippen LogP contribution < -0.4 is 15.8 Å². The predicted molar refractivity (Wildman–Crippen MR) is 119 cm³/mol. The number of benzene rings is 1. The van der Waals surface area contributed by atoms with E-state index in [1.165, 1.54) is 36.8 Å². The number of nitrogens with zero attached hydrogens (tertiary/aromatic N) is 5. The molecule has 8 heteroatoms. The van der Waals surface area contributed by atoms with Crippen LogP contribution in [0.2, 0.25) is 0 Å². The number of hydrogen-bond acceptors (Lipinski definition) is 5. The van der Waals surface area contributed by atoms with Crippen molar-refractivity contribution in [2.45, 2.75) is 57.2 Å². The largest absolute Gasteiger partial charge is 0.334 e. The summed E-state index contributed by atoms with van der Waals surface area (Å²) in [6.07, 6.45) is 12.7. The number of carbonyl (C=O) groups excluding carboxylic acids is 1. The Balaban J connectivity index is 1.45. The van der Waals surface area contributed by atoms with Gasteiger partial charge in [-0.25, -0.2) is 9.67 Å². The number of anilines is 1. The van der Waals surface area contributed by atoms with Gasteiger partial charge in [0.1, 0.15) is 0 Å². The van der Waals surface area contributed by atoms with Crippen molar-refractivity contribution in [2.75, 3.05) is 11.4 Å². The predicted octanol–water partition coefficient (Wildman–Crippen LogP) is 2.53. The van der Waals surface area contributed by atoms with Crippen LogP contribution in [0.4, 0.5) is 5.69 Å². The average molecular weight is 421 g/mol. The fourth-order valence-corrected chi connectivity index (χ4v) is 4.58. The highest BCUT2D eigenvalue weighted by molar-refractivity contribution is 5.99. The summed E-state index contributed by atoms with van der Waals surface area (Å²) >= 11 is 0. The molecule has 3 aromatic rings. The van der Waals surface area contributed by atoms with Gasteiger partial charge >= 0.3 is 0 Å². The van der Waals surface area contributed by atoms with E-state index in [0.717, 1.165) is 29.7 Å². The van der Waals surface area contributed by atoms with Crippen LogP contribution in [0.1, 0.15) is 50.3 Å². The number of amides is 1. The molecule has 1 aromatic carbocycles. The normalized spacial score (nSPS) is 19.3. The first kappa shape index (κ1) is 19.9. The van der Waals surface area contributed by atoms with Crippen LogP contribution in [-0.4, -0.2) is 37.8 Å². The van der Waals surface area contributed by atoms with Crippen LogP contribution in [-0.2, 0) is 18.4 Å². The zero-order valence-corrected chi connectivity index (χ0v) is 17.8. The monoisotopic (exact) mass is 420 g/mol. The first-order valence-electron chi connectivity index (χ1n) is 11.1. The highest BCUT2D eigenvalue weighted by atomic mass is 16.2. The molecule has 0 unspecified atom stereocenters. The zero-order valence-electron chi connectivity index (χ0n) is 17.8. The zero-order chi connectivity index (χ0) is 21.4. The molecule has 162 valence electrons. The minimum absolute atomic E-state index is 0.0367. The number of carbonyl (C=O) groups is 1. The molecule has 1 saturated heterocycles. The molecule has 2 aliphatic rings. The minimum atomic E-state index is -0.169. The number of hydrogen-bond donors (Lipinski definition) is 1. The first-order chi connectivity index (χ1) is 15.1. The number of aromatic nitrogens is 4. The second-order valence-electron chi connectivity index (χ2n) is 8.67. The summed E-state index contributed by atoms with van der Waals surface area (Å²) in [5.74, 6) is 0.0367. The van der Waals surface area contributed by atoms with Gasteiger partial charge in [0.2, 0.25) is 5.91 Å². The van der Waals surface area contributed by atoms with Crippen molar-refractivity contribution in [3.05, 3.63) is 53.0 Å². The van der Waals surface area contributed by atoms with Gasteiger partial charge in [0.15, 0.2) is 0 Å². The topological polar surface area (TPSA) is 85.1 Å². The Hall–Kier alpha value is -3.00. The molecule has 0 spiro atoms. The summed E-state index contributed by atoms with van der Waals surface area (Å²) in [5.41, 5.74) is 1.49. The number of imidazole rings is 1. The molecule has 8 nitrogen and oxygen atoms in total. The summed E-state index contributed by atoms with van der Waals surface area (Å²) in [4.78, 5) is 32.0. The lowest BCUT2D eigenvalue weighted by molar-refractivity contribution is -0.122. The Morgan fingerprint density at radius 2 is 2.03 bits per heavy atom. The van der Waals surface area contributed by atoms with E-state index >= 15 is 0 Å². The molecule has 2 fully saturated rings. The van der Waals surface area contributed by atoms with E-state index in [0.29, 0.717) is 18.0 Å². The lowest BCUT2D eigenvalue weighted by Gasteiger charge is -2.32. The summed E-state index contributed by atoms with van der Waals surface area (Å²) in [6.45, 7) is 1.26. The molecule has 1 aliphatic heterocycles. The molecule has 5 rings (SSSR count). The van der Waals surface area contributed by atoms with Gasteiger partial charge in [-0.05, 0) is 44.0 Å². The summed E-state index contributed by atoms with van der Waals surface area (Å²) < 4.78 is 3.54. The fraction of sp³-hybridized carbons (Fsp3) is 0.478. The van der Waals surface area contributed by atoms with Gasteiger partial charge in [-0.1, -0.05) is 19.3 Å². The van der Waals surface area contributed by atoms with E-state index < -0.39 is 0 Å². The number of aryl methyl sites for hydroxylation is 1. The van der Waals surface area contributed by atoms with E-state index in [1.54, 1.807) is 24.2 Å². The van der Waals surface area contributed by atoms with Crippen LogP contribution in [0.3, 0.4) is 0 Å². The van der Waals surface area contributed by atoms with Crippen molar-refractivity contribution in [1.29, 1.82) is 0 Å². The van der Waals surface area contributed by atoms with E-state index in [4.69, 9.17) is 0 Å². The van der Waals surface area contributed by atoms with E-state index in [2.05, 4.69) is 26.2 Å². The van der Waals surface area contributed by atoms with Crippen molar-refractivity contribution in [3.63, 3.8) is 0 Å². The Morgan fingerprint density at radius 1 is 1.23 bits per heavy atom. The van der Waals surface area contributed by atoms with Crippen molar-refractivity contribution < 1.29 is 4.79 Å². The summed E-state index contributed by atoms with van der Waals surface area (Å²) in [5, 5.41) is 8.66. The summed E-state index contributed by atoms with van der Waals surface area (Å²) in [6, 6.07) is 5.84. The molecule has 1 aliphatic carbocycles. The minimum Gasteiger partial charge on any atom is -0.334 e. The smallest absolute Gasteiger partial charge is 0.274 e. The molecular formula is C23H28N6O2. The standard InChI is InChI=1S/C23H28N6O2/c1-27-22(30)20-8-7-19(11-16(20)12-26-27)29(23(31)21-9-10-24-21)14-17-13-28(15-25-17)18-5-3-2-4-6-18/h7-8,11-13,15,18,21,24H,2-6,9-10,14H2,1H3/t21-/m1/s1. The van der Waals surface area contributed by atoms with E-state index in [9.17, 15) is 9.59 Å². The van der Waals surface area contributed by atoms with Gasteiger partial charge in [0, 0.05) is 30.4 Å². The van der Waals surface area contributed by atoms with Crippen molar-refractivity contribution in [3.8, 4) is 0 Å². The highest BCUT2D eigenvalue weighted by Crippen LogP contribution is 2.29. The molecule has 1 amide bonds. The van der Waals surface area contributed by atoms with Crippen molar-refractivity contribution >= 4 is 22.4 Å². The maximum Gasteiger partial charge on any atom is 0.274 e. The second kappa shape index (κ2) is 8.26. The van der Waals surface area contributed by atoms with Gasteiger partial charge in [-0.2, -0.15) is 5.10 Å². The Bertz CT molecular complexity index is 1160. The van der Waals surface area contributed by atoms with E-state index in [-0.39, 0.29) is 17.5 Å². The van der Waals surface area contributed by atoms with Crippen LogP contribution in [0.15, 0.2) is 41.7 Å². The molecule has 0 bridgehead atoms. The van der Waals surface area contributed by atoms with Gasteiger partial charge in [-0.15, -0.1) is 0 Å². The second-order valence-corrected chi connectivity index (χ2v) is 8.67. The van der Waals surface area contributed by atoms with Crippen molar-refractivity contribution in [2.24, 2.45) is 7.05 Å². The third-order valence-corrected chi connectivity index (χ3v) is 6.60. The molecule has 31 heavy (non-hydrogen) atoms. The van der Waals surface area contributed by atoms with Crippen LogP contribution in [0.25, 0.3) is 10.8 Å². The fourth-order valence-electron chi connectivity index (χ4n) is 4.58. The molecule has 1 atom stereocenters. The average Bonchev–Trinajstić information content (AvgIpc) is 3.22. The molecule has 0 radical (unpaired) electrons. The third kappa shape index (κ3) is 3.87. The Morgan fingerprint density at radius 3 is 2.77 bits per heavy atom. The maximum atomic E-state index is 13.2. The van der Waals surface area contributed by atoms with E-state index in [1.807, 2.05) is 18.5 Å². The number of rotatable bonds is 5. The van der Waals surface area contributed by atoms with Crippen LogP contribution in [0.5, 0.6) is 0 Å². The third-order valence-electron chi connectivity index (χ3n) is 6.60. The first-order valence-corrected chi connectivity index (χ1v) is 11.1. The molecule has 1 saturated carbocycles. The molecule has 2 aromatic heterocycles. The Labute approximate surface area is 180 Å². The number of fused-ring (bicyclic) bond motifs is 1. The van der Waals surface area contributed by atoms with Crippen LogP contribution in [0, 0.1) is 0 Å². The van der Waals surface area contributed by atoms with Gasteiger partial charge in [0.25, 0.3) is 5.56 Å². The van der Waals surface area contributed by atoms with Crippen molar-refractivity contribution in [1.82, 2.24) is 24.6 Å². The van der Waals surface area contributed by atoms with Crippen LogP contribution >= 0.6 is 0 Å². The quantitative estimate of drug-likeness (QED) is 0.686. The lowest BCUT2D eigenvalue weighted by atomic mass is 9.95. The molecule has 1 N–H and O–H groups in total. The van der Waals surface area contributed by atoms with Gasteiger partial charge in [-0.3, -0.25) is 9.59 Å². The number of nitrogens with one attached hydrogen (secondary N) is 1. The maximum absolute atomic E-state index is 13.2. The molecule has 3 heterocycles. The molecular weight excluding hydrogens is 392 g/mol. The summed E-state index contributed by atoms with van der Waals surface area (Å²) in [7, 11) is 1.64. The van der Waals surface area contributed by atoms with Gasteiger partial charge in [0.05, 0.1) is 36.2 Å². The SMILES string of the molecule is Cn1ncc2cc(N(Cc3cn(C4CCCCC4)cn3)C(=O)[C@H]3CCN3)ccc2c1=O. The lowest BCUT2D eigenvalue weighted by Crippen LogP contribution is -2.54. The van der Waals surface area contributed by atoms with Gasteiger partial charge < -0.3 is 14.8 Å².